The molecule has 0 bridgehead atoms. The number of halogens is 1. The number of hydrogen-bond acceptors (Lipinski definition) is 4. The zero-order chi connectivity index (χ0) is 20.9. The predicted molar refractivity (Wildman–Crippen MR) is 111 cm³/mol. The first-order valence-electron chi connectivity index (χ1n) is 9.86. The number of rotatable bonds is 3. The number of fused-ring (bicyclic) bond motifs is 3. The fourth-order valence-corrected chi connectivity index (χ4v) is 4.37. The van der Waals surface area contributed by atoms with Gasteiger partial charge in [-0.15, -0.1) is 0 Å². The summed E-state index contributed by atoms with van der Waals surface area (Å²) in [5.41, 5.74) is 0.232. The van der Waals surface area contributed by atoms with Crippen LogP contribution in [-0.2, 0) is 6.54 Å². The fraction of sp³-hybridized carbons (Fsp3) is 0.409. The number of aromatic carboxylic acids is 1. The van der Waals surface area contributed by atoms with Gasteiger partial charge < -0.3 is 14.6 Å². The van der Waals surface area contributed by atoms with Gasteiger partial charge in [0.15, 0.2) is 5.82 Å². The summed E-state index contributed by atoms with van der Waals surface area (Å²) in [6.07, 6.45) is 4.86. The average Bonchev–Trinajstić information content (AvgIpc) is 2.67. The number of carbonyl (C=O) groups is 1. The lowest BCUT2D eigenvalue weighted by atomic mass is 9.84. The number of carboxylic acid groups (broad SMARTS) is 1. The molecular formula is C22H24FN3O3. The Morgan fingerprint density at radius 2 is 2.10 bits per heavy atom. The predicted octanol–water partition coefficient (Wildman–Crippen LogP) is 4.03. The summed E-state index contributed by atoms with van der Waals surface area (Å²) in [5, 5.41) is 9.96. The smallest absolute Gasteiger partial charge is 0.341 e. The molecule has 3 aromatic rings. The number of anilines is 1. The largest absolute Gasteiger partial charge is 0.477 e. The molecular weight excluding hydrogens is 373 g/mol. The van der Waals surface area contributed by atoms with Crippen molar-refractivity contribution in [1.82, 2.24) is 9.55 Å². The van der Waals surface area contributed by atoms with Gasteiger partial charge in [-0.25, -0.2) is 9.18 Å². The maximum atomic E-state index is 15.5. The number of carboxylic acids is 1. The van der Waals surface area contributed by atoms with Gasteiger partial charge in [0.05, 0.1) is 22.8 Å². The van der Waals surface area contributed by atoms with Crippen LogP contribution in [0, 0.1) is 11.2 Å². The normalized spacial score (nSPS) is 16.5. The standard InChI is InChI=1S/C22H24FN3O3/c1-4-25-11-14(21(28)29)20(27)17-13-6-7-15(18(23)19(13)24-10-16(17)25)26-9-5-8-22(2,3)12-26/h6-7,10-11H,4-5,8-9,12H2,1-3H3,(H,28,29). The maximum absolute atomic E-state index is 15.5. The van der Waals surface area contributed by atoms with Gasteiger partial charge >= 0.3 is 5.97 Å². The molecule has 1 N–H and O–H groups in total. The molecule has 3 heterocycles. The van der Waals surface area contributed by atoms with Crippen LogP contribution in [0.2, 0.25) is 0 Å². The van der Waals surface area contributed by atoms with Crippen molar-refractivity contribution >= 4 is 33.5 Å². The van der Waals surface area contributed by atoms with Gasteiger partial charge in [-0.05, 0) is 37.3 Å². The van der Waals surface area contributed by atoms with E-state index in [-0.39, 0.29) is 21.9 Å². The van der Waals surface area contributed by atoms with Crippen LogP contribution >= 0.6 is 0 Å². The molecule has 0 atom stereocenters. The lowest BCUT2D eigenvalue weighted by Gasteiger charge is -2.39. The minimum absolute atomic E-state index is 0.0978. The quantitative estimate of drug-likeness (QED) is 0.675. The first-order valence-corrected chi connectivity index (χ1v) is 9.86. The summed E-state index contributed by atoms with van der Waals surface area (Å²) in [6, 6.07) is 3.38. The van der Waals surface area contributed by atoms with Gasteiger partial charge in [0.1, 0.15) is 11.1 Å². The Balaban J connectivity index is 1.99. The van der Waals surface area contributed by atoms with E-state index in [1.807, 2.05) is 11.8 Å². The molecule has 1 aliphatic rings. The van der Waals surface area contributed by atoms with Gasteiger partial charge in [0.25, 0.3) is 0 Å². The number of piperidine rings is 1. The third-order valence-electron chi connectivity index (χ3n) is 5.82. The Morgan fingerprint density at radius 3 is 2.76 bits per heavy atom. The summed E-state index contributed by atoms with van der Waals surface area (Å²) in [6.45, 7) is 8.17. The van der Waals surface area contributed by atoms with Crippen molar-refractivity contribution in [2.45, 2.75) is 40.2 Å². The highest BCUT2D eigenvalue weighted by molar-refractivity contribution is 6.07. The van der Waals surface area contributed by atoms with Crippen molar-refractivity contribution < 1.29 is 14.3 Å². The van der Waals surface area contributed by atoms with Crippen LogP contribution in [-0.4, -0.2) is 33.7 Å². The molecule has 0 saturated carbocycles. The van der Waals surface area contributed by atoms with Gasteiger partial charge in [0, 0.05) is 31.2 Å². The number of pyridine rings is 2. The number of hydrogen-bond donors (Lipinski definition) is 1. The van der Waals surface area contributed by atoms with E-state index in [4.69, 9.17) is 0 Å². The molecule has 152 valence electrons. The Morgan fingerprint density at radius 1 is 1.34 bits per heavy atom. The number of nitrogens with zero attached hydrogens (tertiary/aromatic N) is 3. The molecule has 0 amide bonds. The SMILES string of the molecule is CCn1cc(C(=O)O)c(=O)c2c3ccc(N4CCCC(C)(C)C4)c(F)c3ncc21. The van der Waals surface area contributed by atoms with E-state index in [0.717, 1.165) is 25.9 Å². The first kappa shape index (κ1) is 19.4. The van der Waals surface area contributed by atoms with E-state index in [0.29, 0.717) is 23.1 Å². The van der Waals surface area contributed by atoms with E-state index < -0.39 is 17.2 Å². The highest BCUT2D eigenvalue weighted by Crippen LogP contribution is 2.35. The van der Waals surface area contributed by atoms with E-state index in [1.165, 1.54) is 12.4 Å². The van der Waals surface area contributed by atoms with Gasteiger partial charge in [0.2, 0.25) is 5.43 Å². The number of benzene rings is 1. The van der Waals surface area contributed by atoms with E-state index in [1.54, 1.807) is 16.7 Å². The minimum Gasteiger partial charge on any atom is -0.477 e. The van der Waals surface area contributed by atoms with Crippen molar-refractivity contribution in [3.8, 4) is 0 Å². The molecule has 0 radical (unpaired) electrons. The number of aromatic nitrogens is 2. The topological polar surface area (TPSA) is 75.4 Å². The highest BCUT2D eigenvalue weighted by atomic mass is 19.1. The van der Waals surface area contributed by atoms with E-state index in [2.05, 4.69) is 18.8 Å². The molecule has 6 nitrogen and oxygen atoms in total. The molecule has 1 fully saturated rings. The molecule has 1 aliphatic heterocycles. The molecule has 1 saturated heterocycles. The molecule has 29 heavy (non-hydrogen) atoms. The van der Waals surface area contributed by atoms with Crippen molar-refractivity contribution in [3.63, 3.8) is 0 Å². The second-order valence-corrected chi connectivity index (χ2v) is 8.47. The minimum atomic E-state index is -1.29. The molecule has 1 aromatic carbocycles. The zero-order valence-corrected chi connectivity index (χ0v) is 16.8. The van der Waals surface area contributed by atoms with E-state index >= 15 is 4.39 Å². The third kappa shape index (κ3) is 3.14. The Kier molecular flexibility index (Phi) is 4.56. The lowest BCUT2D eigenvalue weighted by molar-refractivity contribution is 0.0695. The average molecular weight is 397 g/mol. The highest BCUT2D eigenvalue weighted by Gasteiger charge is 2.29. The fourth-order valence-electron chi connectivity index (χ4n) is 4.37. The van der Waals surface area contributed by atoms with Crippen LogP contribution in [0.1, 0.15) is 44.0 Å². The van der Waals surface area contributed by atoms with Crippen molar-refractivity contribution in [1.29, 1.82) is 0 Å². The Labute approximate surface area is 167 Å². The van der Waals surface area contributed by atoms with Crippen molar-refractivity contribution in [2.75, 3.05) is 18.0 Å². The Hall–Kier alpha value is -2.96. The van der Waals surface area contributed by atoms with Crippen LogP contribution in [0.3, 0.4) is 0 Å². The second kappa shape index (κ2) is 6.83. The summed E-state index contributed by atoms with van der Waals surface area (Å²) in [5.74, 6) is -1.76. The zero-order valence-electron chi connectivity index (χ0n) is 16.8. The summed E-state index contributed by atoms with van der Waals surface area (Å²) in [4.78, 5) is 30.8. The monoisotopic (exact) mass is 397 g/mol. The van der Waals surface area contributed by atoms with Gasteiger partial charge in [-0.1, -0.05) is 13.8 Å². The van der Waals surface area contributed by atoms with Gasteiger partial charge in [-0.2, -0.15) is 0 Å². The molecule has 7 heteroatoms. The Bertz CT molecular complexity index is 1200. The second-order valence-electron chi connectivity index (χ2n) is 8.47. The first-order chi connectivity index (χ1) is 13.7. The van der Waals surface area contributed by atoms with Crippen molar-refractivity contribution in [3.05, 3.63) is 46.1 Å². The number of aryl methyl sites for hydroxylation is 1. The van der Waals surface area contributed by atoms with Crippen LogP contribution in [0.4, 0.5) is 10.1 Å². The lowest BCUT2D eigenvalue weighted by Crippen LogP contribution is -2.40. The van der Waals surface area contributed by atoms with Crippen LogP contribution in [0.15, 0.2) is 29.3 Å². The van der Waals surface area contributed by atoms with Crippen molar-refractivity contribution in [2.24, 2.45) is 5.41 Å². The third-order valence-corrected chi connectivity index (χ3v) is 5.82. The molecule has 2 aromatic heterocycles. The molecule has 0 unspecified atom stereocenters. The van der Waals surface area contributed by atoms with E-state index in [9.17, 15) is 14.7 Å². The van der Waals surface area contributed by atoms with Gasteiger partial charge in [-0.3, -0.25) is 9.78 Å². The van der Waals surface area contributed by atoms with Crippen LogP contribution in [0.25, 0.3) is 21.8 Å². The van der Waals surface area contributed by atoms with Crippen LogP contribution < -0.4 is 10.3 Å². The molecule has 0 aliphatic carbocycles. The summed E-state index contributed by atoms with van der Waals surface area (Å²) < 4.78 is 17.1. The summed E-state index contributed by atoms with van der Waals surface area (Å²) in [7, 11) is 0. The maximum Gasteiger partial charge on any atom is 0.341 e. The van der Waals surface area contributed by atoms with Crippen LogP contribution in [0.5, 0.6) is 0 Å². The molecule has 0 spiro atoms. The molecule has 4 rings (SSSR count). The summed E-state index contributed by atoms with van der Waals surface area (Å²) >= 11 is 0.